The number of benzene rings is 1. The number of ether oxygens (including phenoxy) is 1. The fourth-order valence-electron chi connectivity index (χ4n) is 1.53. The SMILES string of the molecule is CNCCCOc1ccc(S(=O)(=O)NC(C)C)cc1. The third kappa shape index (κ3) is 5.59. The Morgan fingerprint density at radius 2 is 1.84 bits per heavy atom. The average Bonchev–Trinajstić information content (AvgIpc) is 2.34. The van der Waals surface area contributed by atoms with E-state index in [1.165, 1.54) is 0 Å². The molecule has 0 bridgehead atoms. The van der Waals surface area contributed by atoms with Gasteiger partial charge >= 0.3 is 0 Å². The van der Waals surface area contributed by atoms with Crippen LogP contribution in [0.5, 0.6) is 5.75 Å². The zero-order valence-corrected chi connectivity index (χ0v) is 12.5. The maximum absolute atomic E-state index is 11.9. The number of nitrogens with one attached hydrogen (secondary N) is 2. The van der Waals surface area contributed by atoms with Gasteiger partial charge in [0.05, 0.1) is 11.5 Å². The standard InChI is InChI=1S/C13H22N2O3S/c1-11(2)15-19(16,17)13-7-5-12(6-8-13)18-10-4-9-14-3/h5-8,11,14-15H,4,9-10H2,1-3H3. The first kappa shape index (κ1) is 15.9. The van der Waals surface area contributed by atoms with E-state index in [1.807, 2.05) is 7.05 Å². The molecule has 0 saturated carbocycles. The van der Waals surface area contributed by atoms with Crippen LogP contribution in [0, 0.1) is 0 Å². The molecule has 1 aromatic carbocycles. The van der Waals surface area contributed by atoms with Gasteiger partial charge in [-0.2, -0.15) is 0 Å². The van der Waals surface area contributed by atoms with E-state index in [0.717, 1.165) is 13.0 Å². The number of rotatable bonds is 8. The van der Waals surface area contributed by atoms with Crippen molar-refractivity contribution in [1.82, 2.24) is 10.0 Å². The van der Waals surface area contributed by atoms with Gasteiger partial charge in [-0.25, -0.2) is 13.1 Å². The maximum Gasteiger partial charge on any atom is 0.240 e. The van der Waals surface area contributed by atoms with Gasteiger partial charge < -0.3 is 10.1 Å². The second-order valence-electron chi connectivity index (χ2n) is 4.55. The lowest BCUT2D eigenvalue weighted by Crippen LogP contribution is -2.30. The Morgan fingerprint density at radius 1 is 1.21 bits per heavy atom. The van der Waals surface area contributed by atoms with Crippen LogP contribution < -0.4 is 14.8 Å². The molecule has 0 aliphatic heterocycles. The Hall–Kier alpha value is -1.11. The van der Waals surface area contributed by atoms with E-state index in [0.29, 0.717) is 12.4 Å². The van der Waals surface area contributed by atoms with E-state index in [2.05, 4.69) is 10.0 Å². The molecule has 19 heavy (non-hydrogen) atoms. The molecule has 0 radical (unpaired) electrons. The Bertz CT molecular complexity index is 469. The molecule has 0 fully saturated rings. The predicted molar refractivity (Wildman–Crippen MR) is 75.9 cm³/mol. The van der Waals surface area contributed by atoms with Gasteiger partial charge in [0.15, 0.2) is 0 Å². The minimum Gasteiger partial charge on any atom is -0.494 e. The van der Waals surface area contributed by atoms with E-state index in [9.17, 15) is 8.42 Å². The number of hydrogen-bond acceptors (Lipinski definition) is 4. The van der Waals surface area contributed by atoms with E-state index < -0.39 is 10.0 Å². The molecule has 0 aliphatic rings. The highest BCUT2D eigenvalue weighted by molar-refractivity contribution is 7.89. The monoisotopic (exact) mass is 286 g/mol. The van der Waals surface area contributed by atoms with E-state index in [1.54, 1.807) is 38.1 Å². The third-order valence-electron chi connectivity index (χ3n) is 2.36. The first-order valence-electron chi connectivity index (χ1n) is 6.35. The normalized spacial score (nSPS) is 11.8. The van der Waals surface area contributed by atoms with Crippen LogP contribution in [-0.2, 0) is 10.0 Å². The molecular formula is C13H22N2O3S. The molecule has 6 heteroatoms. The summed E-state index contributed by atoms with van der Waals surface area (Å²) < 4.78 is 31.8. The highest BCUT2D eigenvalue weighted by Crippen LogP contribution is 2.16. The molecule has 0 heterocycles. The fourth-order valence-corrected chi connectivity index (χ4v) is 2.78. The molecule has 108 valence electrons. The minimum absolute atomic E-state index is 0.123. The molecule has 1 rings (SSSR count). The van der Waals surface area contributed by atoms with Crippen molar-refractivity contribution in [3.05, 3.63) is 24.3 Å². The zero-order chi connectivity index (χ0) is 14.3. The van der Waals surface area contributed by atoms with Crippen molar-refractivity contribution in [3.8, 4) is 5.75 Å². The van der Waals surface area contributed by atoms with Crippen LogP contribution in [0.2, 0.25) is 0 Å². The third-order valence-corrected chi connectivity index (χ3v) is 4.04. The fraction of sp³-hybridized carbons (Fsp3) is 0.538. The molecule has 1 aromatic rings. The van der Waals surface area contributed by atoms with Crippen LogP contribution in [-0.4, -0.2) is 34.7 Å². The molecule has 0 unspecified atom stereocenters. The first-order valence-corrected chi connectivity index (χ1v) is 7.84. The summed E-state index contributed by atoms with van der Waals surface area (Å²) in [5, 5.41) is 3.03. The van der Waals surface area contributed by atoms with Gasteiger partial charge in [-0.15, -0.1) is 0 Å². The second kappa shape index (κ2) is 7.47. The lowest BCUT2D eigenvalue weighted by atomic mass is 10.3. The van der Waals surface area contributed by atoms with Gasteiger partial charge in [-0.1, -0.05) is 0 Å². The molecular weight excluding hydrogens is 264 g/mol. The van der Waals surface area contributed by atoms with Crippen molar-refractivity contribution in [1.29, 1.82) is 0 Å². The average molecular weight is 286 g/mol. The van der Waals surface area contributed by atoms with Crippen molar-refractivity contribution < 1.29 is 13.2 Å². The first-order chi connectivity index (χ1) is 8.95. The summed E-state index contributed by atoms with van der Waals surface area (Å²) in [7, 11) is -1.53. The lowest BCUT2D eigenvalue weighted by molar-refractivity contribution is 0.309. The highest BCUT2D eigenvalue weighted by Gasteiger charge is 2.14. The van der Waals surface area contributed by atoms with Gasteiger partial charge in [0.2, 0.25) is 10.0 Å². The van der Waals surface area contributed by atoms with Crippen LogP contribution in [0.25, 0.3) is 0 Å². The molecule has 0 spiro atoms. The van der Waals surface area contributed by atoms with Gasteiger partial charge in [-0.3, -0.25) is 0 Å². The second-order valence-corrected chi connectivity index (χ2v) is 6.27. The maximum atomic E-state index is 11.9. The van der Waals surface area contributed by atoms with Crippen LogP contribution in [0.15, 0.2) is 29.2 Å². The molecule has 0 aromatic heterocycles. The summed E-state index contributed by atoms with van der Waals surface area (Å²) in [6, 6.07) is 6.33. The van der Waals surface area contributed by atoms with E-state index >= 15 is 0 Å². The number of sulfonamides is 1. The van der Waals surface area contributed by atoms with E-state index in [4.69, 9.17) is 4.74 Å². The van der Waals surface area contributed by atoms with Crippen molar-refractivity contribution in [2.24, 2.45) is 0 Å². The minimum atomic E-state index is -3.42. The lowest BCUT2D eigenvalue weighted by Gasteiger charge is -2.10. The Morgan fingerprint density at radius 3 is 2.37 bits per heavy atom. The molecule has 0 saturated heterocycles. The smallest absolute Gasteiger partial charge is 0.240 e. The highest BCUT2D eigenvalue weighted by atomic mass is 32.2. The van der Waals surface area contributed by atoms with Crippen LogP contribution in [0.4, 0.5) is 0 Å². The van der Waals surface area contributed by atoms with Gasteiger partial charge in [0.1, 0.15) is 5.75 Å². The topological polar surface area (TPSA) is 67.4 Å². The Labute approximate surface area is 115 Å². The van der Waals surface area contributed by atoms with Crippen molar-refractivity contribution in [2.45, 2.75) is 31.2 Å². The van der Waals surface area contributed by atoms with E-state index in [-0.39, 0.29) is 10.9 Å². The molecule has 0 aliphatic carbocycles. The Balaban J connectivity index is 2.61. The van der Waals surface area contributed by atoms with Crippen LogP contribution in [0.3, 0.4) is 0 Å². The van der Waals surface area contributed by atoms with Gasteiger partial charge in [-0.05, 0) is 58.1 Å². The summed E-state index contributed by atoms with van der Waals surface area (Å²) in [5.41, 5.74) is 0. The predicted octanol–water partition coefficient (Wildman–Crippen LogP) is 1.36. The summed E-state index contributed by atoms with van der Waals surface area (Å²) in [6.07, 6.45) is 0.908. The van der Waals surface area contributed by atoms with Gasteiger partial charge in [0.25, 0.3) is 0 Å². The molecule has 2 N–H and O–H groups in total. The molecule has 0 atom stereocenters. The zero-order valence-electron chi connectivity index (χ0n) is 11.6. The van der Waals surface area contributed by atoms with Crippen LogP contribution >= 0.6 is 0 Å². The summed E-state index contributed by atoms with van der Waals surface area (Å²) in [6.45, 7) is 5.08. The van der Waals surface area contributed by atoms with Crippen molar-refractivity contribution in [2.75, 3.05) is 20.2 Å². The van der Waals surface area contributed by atoms with Crippen molar-refractivity contribution >= 4 is 10.0 Å². The summed E-state index contributed by atoms with van der Waals surface area (Å²) in [5.74, 6) is 0.680. The number of hydrogen-bond donors (Lipinski definition) is 2. The Kier molecular flexibility index (Phi) is 6.27. The molecule has 5 nitrogen and oxygen atoms in total. The summed E-state index contributed by atoms with van der Waals surface area (Å²) in [4.78, 5) is 0.253. The van der Waals surface area contributed by atoms with Gasteiger partial charge in [0, 0.05) is 6.04 Å². The summed E-state index contributed by atoms with van der Waals surface area (Å²) >= 11 is 0. The quantitative estimate of drug-likeness (QED) is 0.708. The largest absolute Gasteiger partial charge is 0.494 e. The van der Waals surface area contributed by atoms with Crippen LogP contribution in [0.1, 0.15) is 20.3 Å². The molecule has 0 amide bonds. The van der Waals surface area contributed by atoms with Crippen molar-refractivity contribution in [3.63, 3.8) is 0 Å².